The van der Waals surface area contributed by atoms with Gasteiger partial charge in [-0.3, -0.25) is 4.99 Å². The molecule has 0 aromatic carbocycles. The van der Waals surface area contributed by atoms with E-state index >= 15 is 0 Å². The average molecular weight is 482 g/mol. The Hall–Kier alpha value is -0.230. The maximum absolute atomic E-state index is 12.5. The molecule has 23 heavy (non-hydrogen) atoms. The predicted molar refractivity (Wildman–Crippen MR) is 103 cm³/mol. The number of thiazole rings is 1. The van der Waals surface area contributed by atoms with Crippen LogP contribution in [0, 0.1) is 0 Å². The number of guanidine groups is 1. The van der Waals surface area contributed by atoms with E-state index in [4.69, 9.17) is 0 Å². The number of aromatic nitrogens is 1. The van der Waals surface area contributed by atoms with Gasteiger partial charge in [0, 0.05) is 31.4 Å². The molecule has 0 bridgehead atoms. The third-order valence-corrected chi connectivity index (χ3v) is 4.20. The van der Waals surface area contributed by atoms with E-state index in [1.165, 1.54) is 0 Å². The highest BCUT2D eigenvalue weighted by molar-refractivity contribution is 14.0. The minimum absolute atomic E-state index is 0. The second kappa shape index (κ2) is 12.2. The summed E-state index contributed by atoms with van der Waals surface area (Å²) in [4.78, 5) is 8.01. The third kappa shape index (κ3) is 9.60. The summed E-state index contributed by atoms with van der Waals surface area (Å²) in [6.07, 6.45) is -0.874. The van der Waals surface area contributed by atoms with Crippen LogP contribution in [0.25, 0.3) is 0 Å². The molecule has 1 aromatic heterocycles. The van der Waals surface area contributed by atoms with Crippen LogP contribution in [0.4, 0.5) is 13.2 Å². The number of rotatable bonds is 8. The highest BCUT2D eigenvalue weighted by atomic mass is 127. The zero-order valence-electron chi connectivity index (χ0n) is 13.1. The molecule has 4 nitrogen and oxygen atoms in total. The molecule has 0 amide bonds. The topological polar surface area (TPSA) is 49.3 Å². The number of hydrogen-bond acceptors (Lipinski definition) is 4. The largest absolute Gasteiger partial charge is 0.434 e. The first-order valence-corrected chi connectivity index (χ1v) is 9.27. The third-order valence-electron chi connectivity index (χ3n) is 2.59. The molecular weight excluding hydrogens is 460 g/mol. The van der Waals surface area contributed by atoms with Crippen LogP contribution in [0.5, 0.6) is 0 Å². The van der Waals surface area contributed by atoms with Gasteiger partial charge in [0.25, 0.3) is 0 Å². The lowest BCUT2D eigenvalue weighted by Gasteiger charge is -2.10. The molecule has 0 spiro atoms. The standard InChI is InChI=1S/C13H21F3N4S2.HI/c1-3-17-12(18-6-4-8-21-2)19-7-5-11-20-10(9-22-11)13(14,15)16;/h9H,3-8H2,1-2H3,(H2,17,18,19);1H. The van der Waals surface area contributed by atoms with Crippen molar-refractivity contribution < 1.29 is 13.2 Å². The summed E-state index contributed by atoms with van der Waals surface area (Å²) in [6, 6.07) is 0. The van der Waals surface area contributed by atoms with Crippen molar-refractivity contribution in [3.8, 4) is 0 Å². The summed E-state index contributed by atoms with van der Waals surface area (Å²) in [7, 11) is 0. The van der Waals surface area contributed by atoms with Crippen LogP contribution in [-0.4, -0.2) is 42.6 Å². The Balaban J connectivity index is 0.00000484. The molecule has 0 aliphatic rings. The van der Waals surface area contributed by atoms with Crippen LogP contribution in [0.1, 0.15) is 24.0 Å². The molecule has 10 heteroatoms. The van der Waals surface area contributed by atoms with E-state index in [-0.39, 0.29) is 24.0 Å². The minimum atomic E-state index is -4.37. The van der Waals surface area contributed by atoms with Crippen LogP contribution >= 0.6 is 47.1 Å². The predicted octanol–water partition coefficient (Wildman–Crippen LogP) is 3.63. The van der Waals surface area contributed by atoms with Crippen LogP contribution < -0.4 is 10.6 Å². The first-order valence-electron chi connectivity index (χ1n) is 7.00. The molecule has 0 fully saturated rings. The Morgan fingerprint density at radius 3 is 2.70 bits per heavy atom. The smallest absolute Gasteiger partial charge is 0.357 e. The fourth-order valence-corrected chi connectivity index (χ4v) is 2.81. The number of aliphatic imine (C=N–C) groups is 1. The fourth-order valence-electron chi connectivity index (χ4n) is 1.59. The van der Waals surface area contributed by atoms with Crippen molar-refractivity contribution in [1.29, 1.82) is 0 Å². The molecule has 1 rings (SSSR count). The Bertz CT molecular complexity index is 466. The molecule has 0 atom stereocenters. The quantitative estimate of drug-likeness (QED) is 0.257. The summed E-state index contributed by atoms with van der Waals surface area (Å²) in [6.45, 7) is 3.93. The Morgan fingerprint density at radius 2 is 2.13 bits per heavy atom. The SMILES string of the molecule is CCNC(=NCCCSC)NCCc1nc(C(F)(F)F)cs1.I. The highest BCUT2D eigenvalue weighted by Crippen LogP contribution is 2.29. The van der Waals surface area contributed by atoms with Crippen molar-refractivity contribution in [2.24, 2.45) is 4.99 Å². The van der Waals surface area contributed by atoms with Crippen molar-refractivity contribution in [2.75, 3.05) is 31.6 Å². The lowest BCUT2D eigenvalue weighted by atomic mass is 10.4. The summed E-state index contributed by atoms with van der Waals surface area (Å²) in [5, 5.41) is 7.74. The Labute approximate surface area is 160 Å². The van der Waals surface area contributed by atoms with E-state index < -0.39 is 11.9 Å². The normalized spacial score (nSPS) is 12.0. The summed E-state index contributed by atoms with van der Waals surface area (Å²) in [5.41, 5.74) is -0.815. The van der Waals surface area contributed by atoms with Crippen LogP contribution in [-0.2, 0) is 12.6 Å². The Kier molecular flexibility index (Phi) is 12.1. The van der Waals surface area contributed by atoms with Crippen molar-refractivity contribution >= 4 is 53.0 Å². The second-order valence-corrected chi connectivity index (χ2v) is 6.34. The summed E-state index contributed by atoms with van der Waals surface area (Å²) >= 11 is 2.81. The van der Waals surface area contributed by atoms with E-state index in [2.05, 4.69) is 26.9 Å². The first-order chi connectivity index (χ1) is 10.5. The Morgan fingerprint density at radius 1 is 1.39 bits per heavy atom. The van der Waals surface area contributed by atoms with Gasteiger partial charge in [0.05, 0.1) is 5.01 Å². The number of nitrogens with zero attached hydrogens (tertiary/aromatic N) is 2. The van der Waals surface area contributed by atoms with Crippen LogP contribution in [0.2, 0.25) is 0 Å². The van der Waals surface area contributed by atoms with E-state index in [1.807, 2.05) is 6.92 Å². The van der Waals surface area contributed by atoms with Crippen LogP contribution in [0.15, 0.2) is 10.4 Å². The van der Waals surface area contributed by atoms with Gasteiger partial charge < -0.3 is 10.6 Å². The van der Waals surface area contributed by atoms with E-state index in [9.17, 15) is 13.2 Å². The maximum atomic E-state index is 12.5. The molecule has 0 saturated carbocycles. The maximum Gasteiger partial charge on any atom is 0.434 e. The molecular formula is C13H22F3IN4S2. The molecule has 0 aliphatic carbocycles. The van der Waals surface area contributed by atoms with Crippen molar-refractivity contribution in [1.82, 2.24) is 15.6 Å². The van der Waals surface area contributed by atoms with Gasteiger partial charge in [0.2, 0.25) is 0 Å². The van der Waals surface area contributed by atoms with E-state index in [0.29, 0.717) is 23.9 Å². The second-order valence-electron chi connectivity index (χ2n) is 4.41. The van der Waals surface area contributed by atoms with Gasteiger partial charge in [0.15, 0.2) is 11.7 Å². The minimum Gasteiger partial charge on any atom is -0.357 e. The average Bonchev–Trinajstić information content (AvgIpc) is 2.92. The van der Waals surface area contributed by atoms with Gasteiger partial charge in [-0.05, 0) is 25.4 Å². The van der Waals surface area contributed by atoms with E-state index in [0.717, 1.165) is 42.0 Å². The van der Waals surface area contributed by atoms with Gasteiger partial charge >= 0.3 is 6.18 Å². The van der Waals surface area contributed by atoms with Gasteiger partial charge in [-0.2, -0.15) is 24.9 Å². The van der Waals surface area contributed by atoms with Gasteiger partial charge in [-0.15, -0.1) is 35.3 Å². The summed E-state index contributed by atoms with van der Waals surface area (Å²) in [5.74, 6) is 1.75. The number of halogens is 4. The van der Waals surface area contributed by atoms with Crippen molar-refractivity contribution in [3.63, 3.8) is 0 Å². The number of hydrogen-bond donors (Lipinski definition) is 2. The lowest BCUT2D eigenvalue weighted by molar-refractivity contribution is -0.140. The molecule has 1 heterocycles. The van der Waals surface area contributed by atoms with Crippen molar-refractivity contribution in [2.45, 2.75) is 25.9 Å². The number of alkyl halides is 3. The molecule has 2 N–H and O–H groups in total. The molecule has 1 aromatic rings. The van der Waals surface area contributed by atoms with Gasteiger partial charge in [0.1, 0.15) is 0 Å². The van der Waals surface area contributed by atoms with Gasteiger partial charge in [-0.25, -0.2) is 4.98 Å². The molecule has 0 radical (unpaired) electrons. The molecule has 0 saturated heterocycles. The molecule has 134 valence electrons. The zero-order valence-corrected chi connectivity index (χ0v) is 17.0. The highest BCUT2D eigenvalue weighted by Gasteiger charge is 2.33. The van der Waals surface area contributed by atoms with Crippen LogP contribution in [0.3, 0.4) is 0 Å². The van der Waals surface area contributed by atoms with E-state index in [1.54, 1.807) is 11.8 Å². The summed E-state index contributed by atoms with van der Waals surface area (Å²) < 4.78 is 37.4. The van der Waals surface area contributed by atoms with Gasteiger partial charge in [-0.1, -0.05) is 0 Å². The fraction of sp³-hybridized carbons (Fsp3) is 0.692. The molecule has 0 unspecified atom stereocenters. The number of nitrogens with one attached hydrogen (secondary N) is 2. The first kappa shape index (κ1) is 22.8. The zero-order chi connectivity index (χ0) is 16.4. The monoisotopic (exact) mass is 482 g/mol. The number of thioether (sulfide) groups is 1. The molecule has 0 aliphatic heterocycles. The lowest BCUT2D eigenvalue weighted by Crippen LogP contribution is -2.38. The van der Waals surface area contributed by atoms with Crippen molar-refractivity contribution in [3.05, 3.63) is 16.1 Å².